The summed E-state index contributed by atoms with van der Waals surface area (Å²) in [5, 5.41) is 0. The molecule has 0 radical (unpaired) electrons. The lowest BCUT2D eigenvalue weighted by Gasteiger charge is -2.10. The first-order valence-electron chi connectivity index (χ1n) is 5.61. The highest BCUT2D eigenvalue weighted by Crippen LogP contribution is 2.23. The summed E-state index contributed by atoms with van der Waals surface area (Å²) >= 11 is 0. The topological polar surface area (TPSA) is 18.5 Å². The van der Waals surface area contributed by atoms with Crippen LogP contribution in [0.5, 0.6) is 0 Å². The maximum atomic E-state index is 5.35. The van der Waals surface area contributed by atoms with Crippen molar-refractivity contribution in [1.82, 2.24) is 0 Å². The van der Waals surface area contributed by atoms with Crippen LogP contribution >= 0.6 is 0 Å². The number of hydrogen-bond acceptors (Lipinski definition) is 2. The number of rotatable bonds is 4. The van der Waals surface area contributed by atoms with E-state index in [1.165, 1.54) is 25.7 Å². The molecule has 1 rings (SSSR count). The van der Waals surface area contributed by atoms with Gasteiger partial charge in [0.2, 0.25) is 6.29 Å². The van der Waals surface area contributed by atoms with Gasteiger partial charge in [0.1, 0.15) is 0 Å². The van der Waals surface area contributed by atoms with Crippen LogP contribution in [0.3, 0.4) is 0 Å². The molecule has 0 aromatic rings. The molecule has 1 fully saturated rings. The third-order valence-electron chi connectivity index (χ3n) is 2.40. The Morgan fingerprint density at radius 1 is 1.14 bits per heavy atom. The van der Waals surface area contributed by atoms with Crippen LogP contribution in [0.2, 0.25) is 0 Å². The monoisotopic (exact) mass is 196 g/mol. The van der Waals surface area contributed by atoms with Gasteiger partial charge in [-0.1, -0.05) is 18.8 Å². The highest BCUT2D eigenvalue weighted by Gasteiger charge is 2.12. The first-order chi connectivity index (χ1) is 6.86. The molecular formula is C12H20O2. The van der Waals surface area contributed by atoms with E-state index in [1.807, 2.05) is 13.8 Å². The van der Waals surface area contributed by atoms with E-state index >= 15 is 0 Å². The summed E-state index contributed by atoms with van der Waals surface area (Å²) in [6.07, 6.45) is 4.84. The lowest BCUT2D eigenvalue weighted by molar-refractivity contribution is -0.0970. The zero-order chi connectivity index (χ0) is 10.2. The molecule has 0 N–H and O–H groups in total. The Kier molecular flexibility index (Phi) is 5.66. The second-order valence-corrected chi connectivity index (χ2v) is 3.51. The zero-order valence-electron chi connectivity index (χ0n) is 9.21. The van der Waals surface area contributed by atoms with Crippen LogP contribution in [0, 0.1) is 17.8 Å². The quantitative estimate of drug-likeness (QED) is 0.508. The summed E-state index contributed by atoms with van der Waals surface area (Å²) < 4.78 is 10.7. The van der Waals surface area contributed by atoms with Gasteiger partial charge in [0.15, 0.2) is 0 Å². The van der Waals surface area contributed by atoms with Crippen LogP contribution in [0.15, 0.2) is 0 Å². The van der Waals surface area contributed by atoms with E-state index in [9.17, 15) is 0 Å². The predicted molar refractivity (Wildman–Crippen MR) is 56.8 cm³/mol. The largest absolute Gasteiger partial charge is 0.342 e. The molecular weight excluding hydrogens is 176 g/mol. The standard InChI is InChI=1S/C12H20O2/c1-3-13-12(14-4-2)10-9-11-7-5-6-8-11/h11-12H,3-8H2,1-2H3. The van der Waals surface area contributed by atoms with Gasteiger partial charge in [-0.15, -0.1) is 0 Å². The van der Waals surface area contributed by atoms with E-state index in [2.05, 4.69) is 11.8 Å². The molecule has 1 saturated carbocycles. The van der Waals surface area contributed by atoms with Crippen LogP contribution in [0.25, 0.3) is 0 Å². The molecule has 1 aliphatic rings. The molecule has 0 saturated heterocycles. The van der Waals surface area contributed by atoms with Crippen molar-refractivity contribution in [1.29, 1.82) is 0 Å². The summed E-state index contributed by atoms with van der Waals surface area (Å²) in [6, 6.07) is 0. The van der Waals surface area contributed by atoms with Crippen LogP contribution in [-0.2, 0) is 9.47 Å². The van der Waals surface area contributed by atoms with Crippen molar-refractivity contribution in [3.63, 3.8) is 0 Å². The lowest BCUT2D eigenvalue weighted by atomic mass is 10.1. The highest BCUT2D eigenvalue weighted by molar-refractivity contribution is 5.07. The van der Waals surface area contributed by atoms with Gasteiger partial charge in [-0.25, -0.2) is 0 Å². The van der Waals surface area contributed by atoms with Crippen molar-refractivity contribution < 1.29 is 9.47 Å². The Bertz CT molecular complexity index is 190. The van der Waals surface area contributed by atoms with E-state index in [0.29, 0.717) is 19.1 Å². The smallest absolute Gasteiger partial charge is 0.222 e. The lowest BCUT2D eigenvalue weighted by Crippen LogP contribution is -2.15. The van der Waals surface area contributed by atoms with Crippen molar-refractivity contribution in [2.24, 2.45) is 5.92 Å². The SMILES string of the molecule is CCOC(C#CC1CCCC1)OCC. The molecule has 80 valence electrons. The average molecular weight is 196 g/mol. The van der Waals surface area contributed by atoms with Crippen molar-refractivity contribution >= 4 is 0 Å². The molecule has 1 aliphatic carbocycles. The fraction of sp³-hybridized carbons (Fsp3) is 0.833. The van der Waals surface area contributed by atoms with E-state index in [4.69, 9.17) is 9.47 Å². The third kappa shape index (κ3) is 4.13. The molecule has 0 atom stereocenters. The van der Waals surface area contributed by atoms with E-state index in [1.54, 1.807) is 0 Å². The maximum Gasteiger partial charge on any atom is 0.222 e. The van der Waals surface area contributed by atoms with Gasteiger partial charge in [-0.2, -0.15) is 0 Å². The minimum atomic E-state index is -0.314. The van der Waals surface area contributed by atoms with Gasteiger partial charge in [0, 0.05) is 19.1 Å². The maximum absolute atomic E-state index is 5.35. The minimum Gasteiger partial charge on any atom is -0.342 e. The molecule has 0 bridgehead atoms. The Morgan fingerprint density at radius 3 is 2.21 bits per heavy atom. The number of ether oxygens (including phenoxy) is 2. The van der Waals surface area contributed by atoms with Crippen molar-refractivity contribution in [2.75, 3.05) is 13.2 Å². The predicted octanol–water partition coefficient (Wildman–Crippen LogP) is 2.58. The summed E-state index contributed by atoms with van der Waals surface area (Å²) in [4.78, 5) is 0. The van der Waals surface area contributed by atoms with E-state index < -0.39 is 0 Å². The first-order valence-corrected chi connectivity index (χ1v) is 5.61. The molecule has 0 aromatic heterocycles. The molecule has 0 amide bonds. The van der Waals surface area contributed by atoms with Gasteiger partial charge in [0.25, 0.3) is 0 Å². The van der Waals surface area contributed by atoms with Crippen LogP contribution < -0.4 is 0 Å². The molecule has 0 aliphatic heterocycles. The molecule has 0 spiro atoms. The molecule has 0 aromatic carbocycles. The second-order valence-electron chi connectivity index (χ2n) is 3.51. The molecule has 0 unspecified atom stereocenters. The molecule has 2 heteroatoms. The molecule has 0 heterocycles. The Balaban J connectivity index is 2.34. The van der Waals surface area contributed by atoms with Gasteiger partial charge in [-0.3, -0.25) is 0 Å². The van der Waals surface area contributed by atoms with Crippen molar-refractivity contribution in [3.8, 4) is 11.8 Å². The summed E-state index contributed by atoms with van der Waals surface area (Å²) in [5.74, 6) is 6.90. The Hall–Kier alpha value is -0.520. The summed E-state index contributed by atoms with van der Waals surface area (Å²) in [5.41, 5.74) is 0. The van der Waals surface area contributed by atoms with Gasteiger partial charge >= 0.3 is 0 Å². The van der Waals surface area contributed by atoms with Gasteiger partial charge in [-0.05, 0) is 32.6 Å². The fourth-order valence-corrected chi connectivity index (χ4v) is 1.69. The minimum absolute atomic E-state index is 0.314. The normalized spacial score (nSPS) is 17.1. The van der Waals surface area contributed by atoms with E-state index in [0.717, 1.165) is 0 Å². The van der Waals surface area contributed by atoms with Gasteiger partial charge < -0.3 is 9.47 Å². The van der Waals surface area contributed by atoms with Gasteiger partial charge in [0.05, 0.1) is 0 Å². The fourth-order valence-electron chi connectivity index (χ4n) is 1.69. The Morgan fingerprint density at radius 2 is 1.71 bits per heavy atom. The van der Waals surface area contributed by atoms with Crippen LogP contribution in [0.1, 0.15) is 39.5 Å². The summed E-state index contributed by atoms with van der Waals surface area (Å²) in [7, 11) is 0. The number of hydrogen-bond donors (Lipinski definition) is 0. The van der Waals surface area contributed by atoms with E-state index in [-0.39, 0.29) is 6.29 Å². The third-order valence-corrected chi connectivity index (χ3v) is 2.40. The molecule has 2 nitrogen and oxygen atoms in total. The van der Waals surface area contributed by atoms with Crippen LogP contribution in [0.4, 0.5) is 0 Å². The van der Waals surface area contributed by atoms with Crippen LogP contribution in [-0.4, -0.2) is 19.5 Å². The Labute approximate surface area is 87.0 Å². The highest BCUT2D eigenvalue weighted by atomic mass is 16.7. The zero-order valence-corrected chi connectivity index (χ0v) is 9.21. The average Bonchev–Trinajstić information content (AvgIpc) is 2.67. The summed E-state index contributed by atoms with van der Waals surface area (Å²) in [6.45, 7) is 5.24. The second kappa shape index (κ2) is 6.86. The van der Waals surface area contributed by atoms with Crippen molar-refractivity contribution in [2.45, 2.75) is 45.8 Å². The molecule has 14 heavy (non-hydrogen) atoms. The van der Waals surface area contributed by atoms with Crippen molar-refractivity contribution in [3.05, 3.63) is 0 Å². The first kappa shape index (κ1) is 11.6.